The van der Waals surface area contributed by atoms with Crippen LogP contribution >= 0.6 is 22.9 Å². The van der Waals surface area contributed by atoms with Crippen LogP contribution in [0, 0.1) is 0 Å². The Morgan fingerprint density at radius 2 is 2.14 bits per heavy atom. The molecule has 3 rings (SSSR count). The maximum Gasteiger partial charge on any atom is 0.257 e. The van der Waals surface area contributed by atoms with Crippen molar-refractivity contribution in [1.82, 2.24) is 4.98 Å². The molecule has 1 aliphatic carbocycles. The van der Waals surface area contributed by atoms with Gasteiger partial charge in [-0.25, -0.2) is 4.98 Å². The number of amides is 1. The number of benzene rings is 1. The van der Waals surface area contributed by atoms with Crippen molar-refractivity contribution in [2.75, 3.05) is 19.5 Å². The van der Waals surface area contributed by atoms with Gasteiger partial charge < -0.3 is 9.47 Å². The Morgan fingerprint density at radius 3 is 2.77 bits per heavy atom. The zero-order chi connectivity index (χ0) is 15.7. The molecule has 5 nitrogen and oxygen atoms in total. The molecule has 22 heavy (non-hydrogen) atoms. The van der Waals surface area contributed by atoms with Crippen molar-refractivity contribution in [3.63, 3.8) is 0 Å². The maximum atomic E-state index is 12.3. The minimum Gasteiger partial charge on any atom is -0.493 e. The van der Waals surface area contributed by atoms with Gasteiger partial charge >= 0.3 is 0 Å². The minimum absolute atomic E-state index is 0.278. The summed E-state index contributed by atoms with van der Waals surface area (Å²) >= 11 is 7.55. The molecular weight excluding hydrogens is 324 g/mol. The van der Waals surface area contributed by atoms with E-state index in [1.807, 2.05) is 5.38 Å². The molecule has 0 atom stereocenters. The molecule has 2 aromatic rings. The third kappa shape index (κ3) is 3.03. The summed E-state index contributed by atoms with van der Waals surface area (Å²) in [6.45, 7) is 0. The standard InChI is InChI=1S/C15H15ClN2O3S/c1-20-12-6-9(5-10(16)13(12)21-2)14(19)18-15-17-11(7-22-15)8-3-4-8/h5-8H,3-4H2,1-2H3,(H,17,18,19). The second-order valence-electron chi connectivity index (χ2n) is 5.00. The number of halogens is 1. The highest BCUT2D eigenvalue weighted by molar-refractivity contribution is 7.14. The molecule has 1 aliphatic rings. The van der Waals surface area contributed by atoms with Crippen LogP contribution < -0.4 is 14.8 Å². The number of hydrogen-bond donors (Lipinski definition) is 1. The van der Waals surface area contributed by atoms with Crippen molar-refractivity contribution in [1.29, 1.82) is 0 Å². The first-order chi connectivity index (χ1) is 10.6. The molecule has 7 heteroatoms. The fourth-order valence-corrected chi connectivity index (χ4v) is 3.20. The number of ether oxygens (including phenoxy) is 2. The maximum absolute atomic E-state index is 12.3. The van der Waals surface area contributed by atoms with Crippen molar-refractivity contribution in [3.05, 3.63) is 33.8 Å². The molecule has 1 amide bonds. The second kappa shape index (κ2) is 6.14. The number of anilines is 1. The van der Waals surface area contributed by atoms with Crippen LogP contribution in [-0.2, 0) is 0 Å². The van der Waals surface area contributed by atoms with Gasteiger partial charge in [0.2, 0.25) is 0 Å². The van der Waals surface area contributed by atoms with Crippen LogP contribution in [-0.4, -0.2) is 25.1 Å². The number of nitrogens with one attached hydrogen (secondary N) is 1. The summed E-state index contributed by atoms with van der Waals surface area (Å²) in [5.41, 5.74) is 1.46. The number of thiazole rings is 1. The van der Waals surface area contributed by atoms with Crippen molar-refractivity contribution in [3.8, 4) is 11.5 Å². The summed E-state index contributed by atoms with van der Waals surface area (Å²) < 4.78 is 10.4. The van der Waals surface area contributed by atoms with E-state index in [9.17, 15) is 4.79 Å². The molecule has 1 fully saturated rings. The van der Waals surface area contributed by atoms with E-state index in [1.54, 1.807) is 12.1 Å². The number of carbonyl (C=O) groups excluding carboxylic acids is 1. The van der Waals surface area contributed by atoms with Crippen molar-refractivity contribution in [2.24, 2.45) is 0 Å². The highest BCUT2D eigenvalue weighted by Crippen LogP contribution is 2.41. The van der Waals surface area contributed by atoms with Crippen LogP contribution in [0.25, 0.3) is 0 Å². The molecular formula is C15H15ClN2O3S. The van der Waals surface area contributed by atoms with Crippen LogP contribution in [0.5, 0.6) is 11.5 Å². The number of hydrogen-bond acceptors (Lipinski definition) is 5. The van der Waals surface area contributed by atoms with E-state index in [1.165, 1.54) is 38.4 Å². The Bertz CT molecular complexity index is 713. The predicted molar refractivity (Wildman–Crippen MR) is 86.6 cm³/mol. The van der Waals surface area contributed by atoms with E-state index < -0.39 is 0 Å². The second-order valence-corrected chi connectivity index (χ2v) is 6.26. The highest BCUT2D eigenvalue weighted by Gasteiger charge is 2.26. The lowest BCUT2D eigenvalue weighted by molar-refractivity contribution is 0.102. The molecule has 1 saturated carbocycles. The smallest absolute Gasteiger partial charge is 0.257 e. The van der Waals surface area contributed by atoms with Crippen LogP contribution in [0.2, 0.25) is 5.02 Å². The van der Waals surface area contributed by atoms with Gasteiger partial charge in [0.05, 0.1) is 24.9 Å². The average Bonchev–Trinajstić information content (AvgIpc) is 3.26. The fourth-order valence-electron chi connectivity index (χ4n) is 2.13. The SMILES string of the molecule is COc1cc(C(=O)Nc2nc(C3CC3)cs2)cc(Cl)c1OC. The van der Waals surface area contributed by atoms with Crippen LogP contribution in [0.4, 0.5) is 5.13 Å². The van der Waals surface area contributed by atoms with Crippen molar-refractivity contribution in [2.45, 2.75) is 18.8 Å². The molecule has 0 saturated heterocycles. The quantitative estimate of drug-likeness (QED) is 0.896. The molecule has 0 bridgehead atoms. The lowest BCUT2D eigenvalue weighted by atomic mass is 10.2. The summed E-state index contributed by atoms with van der Waals surface area (Å²) in [7, 11) is 3.00. The Labute approximate surface area is 137 Å². The van der Waals surface area contributed by atoms with E-state index in [0.717, 1.165) is 5.69 Å². The molecule has 1 heterocycles. The molecule has 1 aromatic carbocycles. The van der Waals surface area contributed by atoms with Gasteiger partial charge in [-0.2, -0.15) is 0 Å². The molecule has 1 N–H and O–H groups in total. The molecule has 0 spiro atoms. The number of methoxy groups -OCH3 is 2. The lowest BCUT2D eigenvalue weighted by Gasteiger charge is -2.11. The summed E-state index contributed by atoms with van der Waals surface area (Å²) in [5, 5.41) is 5.70. The van der Waals surface area contributed by atoms with E-state index in [-0.39, 0.29) is 5.91 Å². The zero-order valence-electron chi connectivity index (χ0n) is 12.2. The minimum atomic E-state index is -0.278. The van der Waals surface area contributed by atoms with Gasteiger partial charge in [0, 0.05) is 16.9 Å². The summed E-state index contributed by atoms with van der Waals surface area (Å²) in [5.74, 6) is 1.11. The summed E-state index contributed by atoms with van der Waals surface area (Å²) in [4.78, 5) is 16.8. The van der Waals surface area contributed by atoms with E-state index in [4.69, 9.17) is 21.1 Å². The topological polar surface area (TPSA) is 60.5 Å². The van der Waals surface area contributed by atoms with Crippen molar-refractivity contribution >= 4 is 34.0 Å². The van der Waals surface area contributed by atoms with E-state index in [2.05, 4.69) is 10.3 Å². The number of rotatable bonds is 5. The first-order valence-electron chi connectivity index (χ1n) is 6.80. The summed E-state index contributed by atoms with van der Waals surface area (Å²) in [6.07, 6.45) is 2.37. The largest absolute Gasteiger partial charge is 0.493 e. The Hall–Kier alpha value is -1.79. The predicted octanol–water partition coefficient (Wildman–Crippen LogP) is 3.94. The zero-order valence-corrected chi connectivity index (χ0v) is 13.8. The van der Waals surface area contributed by atoms with Gasteiger partial charge in [0.1, 0.15) is 0 Å². The molecule has 0 unspecified atom stereocenters. The van der Waals surface area contributed by atoms with Crippen molar-refractivity contribution < 1.29 is 14.3 Å². The Kier molecular flexibility index (Phi) is 4.22. The number of aromatic nitrogens is 1. The monoisotopic (exact) mass is 338 g/mol. The lowest BCUT2D eigenvalue weighted by Crippen LogP contribution is -2.12. The highest BCUT2D eigenvalue weighted by atomic mass is 35.5. The van der Waals surface area contributed by atoms with Gasteiger partial charge in [0.15, 0.2) is 16.6 Å². The van der Waals surface area contributed by atoms with Gasteiger partial charge in [-0.15, -0.1) is 11.3 Å². The average molecular weight is 339 g/mol. The van der Waals surface area contributed by atoms with Crippen LogP contribution in [0.3, 0.4) is 0 Å². The first-order valence-corrected chi connectivity index (χ1v) is 8.06. The molecule has 0 aliphatic heterocycles. The third-order valence-electron chi connectivity index (χ3n) is 3.43. The van der Waals surface area contributed by atoms with Crippen LogP contribution in [0.1, 0.15) is 34.8 Å². The van der Waals surface area contributed by atoms with Gasteiger partial charge in [0.25, 0.3) is 5.91 Å². The van der Waals surface area contributed by atoms with Gasteiger partial charge in [-0.3, -0.25) is 10.1 Å². The molecule has 0 radical (unpaired) electrons. The normalized spacial score (nSPS) is 13.8. The Balaban J connectivity index is 1.80. The first kappa shape index (κ1) is 15.1. The third-order valence-corrected chi connectivity index (χ3v) is 4.49. The molecule has 1 aromatic heterocycles. The number of carbonyl (C=O) groups is 1. The van der Waals surface area contributed by atoms with Gasteiger partial charge in [-0.05, 0) is 25.0 Å². The van der Waals surface area contributed by atoms with E-state index >= 15 is 0 Å². The fraction of sp³-hybridized carbons (Fsp3) is 0.333. The van der Waals surface area contributed by atoms with E-state index in [0.29, 0.717) is 33.1 Å². The molecule has 116 valence electrons. The summed E-state index contributed by atoms with van der Waals surface area (Å²) in [6, 6.07) is 3.14. The Morgan fingerprint density at radius 1 is 1.36 bits per heavy atom. The van der Waals surface area contributed by atoms with Crippen LogP contribution in [0.15, 0.2) is 17.5 Å². The number of nitrogens with zero attached hydrogens (tertiary/aromatic N) is 1. The van der Waals surface area contributed by atoms with Gasteiger partial charge in [-0.1, -0.05) is 11.6 Å².